The van der Waals surface area contributed by atoms with Crippen molar-refractivity contribution in [2.24, 2.45) is 11.8 Å². The smallest absolute Gasteiger partial charge is 0.422 e. The van der Waals surface area contributed by atoms with Crippen LogP contribution in [0.2, 0.25) is 0 Å². The van der Waals surface area contributed by atoms with Gasteiger partial charge in [0, 0.05) is 12.1 Å². The Bertz CT molecular complexity index is 834. The maximum atomic E-state index is 14.0. The van der Waals surface area contributed by atoms with Gasteiger partial charge in [-0.2, -0.15) is 13.2 Å². The fourth-order valence-electron chi connectivity index (χ4n) is 4.89. The second-order valence-electron chi connectivity index (χ2n) is 9.24. The van der Waals surface area contributed by atoms with Crippen LogP contribution in [0.4, 0.5) is 22.0 Å². The predicted octanol–water partition coefficient (Wildman–Crippen LogP) is 9.27. The summed E-state index contributed by atoms with van der Waals surface area (Å²) in [7, 11) is 0. The molecule has 0 radical (unpaired) electrons. The molecule has 1 aliphatic rings. The first-order valence-electron chi connectivity index (χ1n) is 12.1. The SMILES string of the molecule is CCCCCC1CCC(CCC(Oc2cc(F)c(C(F)(F)F)c(F)c2)c2ccccc2)CC1. The van der Waals surface area contributed by atoms with Crippen LogP contribution in [0.3, 0.4) is 0 Å². The van der Waals surface area contributed by atoms with Gasteiger partial charge in [0.15, 0.2) is 0 Å². The number of halogens is 5. The van der Waals surface area contributed by atoms with Gasteiger partial charge in [0.2, 0.25) is 0 Å². The molecule has 0 saturated heterocycles. The van der Waals surface area contributed by atoms with Crippen molar-refractivity contribution in [2.75, 3.05) is 0 Å². The third-order valence-electron chi connectivity index (χ3n) is 6.77. The molecular formula is C27H33F5O. The highest BCUT2D eigenvalue weighted by molar-refractivity contribution is 5.33. The van der Waals surface area contributed by atoms with Crippen molar-refractivity contribution in [2.45, 2.75) is 83.4 Å². The zero-order chi connectivity index (χ0) is 23.8. The van der Waals surface area contributed by atoms with E-state index in [0.29, 0.717) is 24.5 Å². The molecule has 0 bridgehead atoms. The highest BCUT2D eigenvalue weighted by Crippen LogP contribution is 2.39. The molecule has 1 atom stereocenters. The minimum atomic E-state index is -5.10. The molecule has 1 saturated carbocycles. The first-order chi connectivity index (χ1) is 15.8. The van der Waals surface area contributed by atoms with Crippen LogP contribution < -0.4 is 4.74 Å². The first kappa shape index (κ1) is 25.5. The summed E-state index contributed by atoms with van der Waals surface area (Å²) in [6.07, 6.45) is 5.92. The average Bonchev–Trinajstić information content (AvgIpc) is 2.77. The number of benzene rings is 2. The maximum absolute atomic E-state index is 14.0. The average molecular weight is 469 g/mol. The van der Waals surface area contributed by atoms with Crippen LogP contribution in [0.1, 0.15) is 88.4 Å². The Morgan fingerprint density at radius 2 is 1.45 bits per heavy atom. The molecule has 0 spiro atoms. The monoisotopic (exact) mass is 468 g/mol. The van der Waals surface area contributed by atoms with Crippen LogP contribution in [-0.4, -0.2) is 0 Å². The Morgan fingerprint density at radius 3 is 2.00 bits per heavy atom. The van der Waals surface area contributed by atoms with Crippen LogP contribution in [0.15, 0.2) is 42.5 Å². The molecule has 0 aromatic heterocycles. The van der Waals surface area contributed by atoms with E-state index in [1.54, 1.807) is 0 Å². The molecule has 0 amide bonds. The largest absolute Gasteiger partial charge is 0.486 e. The minimum Gasteiger partial charge on any atom is -0.486 e. The van der Waals surface area contributed by atoms with E-state index in [4.69, 9.17) is 4.74 Å². The van der Waals surface area contributed by atoms with Gasteiger partial charge in [-0.15, -0.1) is 0 Å². The number of hydrogen-bond acceptors (Lipinski definition) is 1. The summed E-state index contributed by atoms with van der Waals surface area (Å²) < 4.78 is 72.6. The van der Waals surface area contributed by atoms with Crippen molar-refractivity contribution in [1.82, 2.24) is 0 Å². The van der Waals surface area contributed by atoms with Gasteiger partial charge < -0.3 is 4.74 Å². The predicted molar refractivity (Wildman–Crippen MR) is 120 cm³/mol. The Labute approximate surface area is 193 Å². The van der Waals surface area contributed by atoms with Gasteiger partial charge in [0.1, 0.15) is 29.1 Å². The Kier molecular flexibility index (Phi) is 9.16. The molecule has 1 unspecified atom stereocenters. The molecule has 2 aromatic rings. The highest BCUT2D eigenvalue weighted by Gasteiger charge is 2.38. The first-order valence-corrected chi connectivity index (χ1v) is 12.1. The lowest BCUT2D eigenvalue weighted by atomic mass is 9.77. The second-order valence-corrected chi connectivity index (χ2v) is 9.24. The van der Waals surface area contributed by atoms with Gasteiger partial charge in [-0.1, -0.05) is 88.6 Å². The summed E-state index contributed by atoms with van der Waals surface area (Å²) in [6, 6.07) is 10.5. The van der Waals surface area contributed by atoms with Gasteiger partial charge in [-0.25, -0.2) is 8.78 Å². The Morgan fingerprint density at radius 1 is 0.879 bits per heavy atom. The lowest BCUT2D eigenvalue weighted by molar-refractivity contribution is -0.142. The van der Waals surface area contributed by atoms with Crippen molar-refractivity contribution >= 4 is 0 Å². The van der Waals surface area contributed by atoms with Crippen LogP contribution in [0.5, 0.6) is 5.75 Å². The highest BCUT2D eigenvalue weighted by atomic mass is 19.4. The summed E-state index contributed by atoms with van der Waals surface area (Å²) >= 11 is 0. The lowest BCUT2D eigenvalue weighted by Gasteiger charge is -2.30. The molecule has 1 nitrogen and oxygen atoms in total. The molecule has 33 heavy (non-hydrogen) atoms. The Balaban J connectivity index is 1.64. The van der Waals surface area contributed by atoms with E-state index in [1.807, 2.05) is 30.3 Å². The molecule has 0 N–H and O–H groups in total. The van der Waals surface area contributed by atoms with E-state index >= 15 is 0 Å². The molecule has 0 aliphatic heterocycles. The number of hydrogen-bond donors (Lipinski definition) is 0. The zero-order valence-corrected chi connectivity index (χ0v) is 19.1. The lowest BCUT2D eigenvalue weighted by Crippen LogP contribution is -2.17. The molecular weight excluding hydrogens is 435 g/mol. The molecule has 1 aliphatic carbocycles. The van der Waals surface area contributed by atoms with Crippen molar-refractivity contribution < 1.29 is 26.7 Å². The van der Waals surface area contributed by atoms with Crippen LogP contribution >= 0.6 is 0 Å². The van der Waals surface area contributed by atoms with Gasteiger partial charge in [-0.05, 0) is 30.2 Å². The third kappa shape index (κ3) is 7.44. The van der Waals surface area contributed by atoms with E-state index in [1.165, 1.54) is 51.4 Å². The van der Waals surface area contributed by atoms with Crippen LogP contribution in [0.25, 0.3) is 0 Å². The molecule has 6 heteroatoms. The summed E-state index contributed by atoms with van der Waals surface area (Å²) in [5.74, 6) is -2.17. The summed E-state index contributed by atoms with van der Waals surface area (Å²) in [5.41, 5.74) is -1.05. The van der Waals surface area contributed by atoms with Gasteiger partial charge in [0.25, 0.3) is 0 Å². The topological polar surface area (TPSA) is 9.23 Å². The zero-order valence-electron chi connectivity index (χ0n) is 19.1. The second kappa shape index (κ2) is 11.8. The number of ether oxygens (including phenoxy) is 1. The quantitative estimate of drug-likeness (QED) is 0.249. The fraction of sp³-hybridized carbons (Fsp3) is 0.556. The summed E-state index contributed by atoms with van der Waals surface area (Å²) in [6.45, 7) is 2.22. The molecule has 1 fully saturated rings. The van der Waals surface area contributed by atoms with Gasteiger partial charge in [-0.3, -0.25) is 0 Å². The van der Waals surface area contributed by atoms with E-state index in [-0.39, 0.29) is 5.75 Å². The van der Waals surface area contributed by atoms with Crippen molar-refractivity contribution in [1.29, 1.82) is 0 Å². The fourth-order valence-corrected chi connectivity index (χ4v) is 4.89. The number of alkyl halides is 3. The van der Waals surface area contributed by atoms with Crippen LogP contribution in [-0.2, 0) is 6.18 Å². The van der Waals surface area contributed by atoms with E-state index in [2.05, 4.69) is 6.92 Å². The molecule has 3 rings (SSSR count). The van der Waals surface area contributed by atoms with Crippen molar-refractivity contribution in [3.63, 3.8) is 0 Å². The minimum absolute atomic E-state index is 0.230. The standard InChI is InChI=1S/C27H33F5O/c1-2-3-5-8-19-11-13-20(14-12-19)15-16-25(21-9-6-4-7-10-21)33-22-17-23(28)26(24(29)18-22)27(30,31)32/h4,6-7,9-10,17-20,25H,2-3,5,8,11-16H2,1H3. The van der Waals surface area contributed by atoms with E-state index in [0.717, 1.165) is 17.9 Å². The molecule has 0 heterocycles. The number of unbranched alkanes of at least 4 members (excludes halogenated alkanes) is 2. The maximum Gasteiger partial charge on any atom is 0.422 e. The van der Waals surface area contributed by atoms with Crippen LogP contribution in [0, 0.1) is 23.5 Å². The van der Waals surface area contributed by atoms with E-state index < -0.39 is 29.5 Å². The van der Waals surface area contributed by atoms with Crippen molar-refractivity contribution in [3.8, 4) is 5.75 Å². The third-order valence-corrected chi connectivity index (χ3v) is 6.77. The van der Waals surface area contributed by atoms with E-state index in [9.17, 15) is 22.0 Å². The van der Waals surface area contributed by atoms with Gasteiger partial charge >= 0.3 is 6.18 Å². The number of rotatable bonds is 10. The molecule has 182 valence electrons. The molecule has 2 aromatic carbocycles. The van der Waals surface area contributed by atoms with Gasteiger partial charge in [0.05, 0.1) is 0 Å². The summed E-state index contributed by atoms with van der Waals surface area (Å²) in [4.78, 5) is 0. The normalized spacial score (nSPS) is 19.9. The Hall–Kier alpha value is -2.11. The van der Waals surface area contributed by atoms with Crippen molar-refractivity contribution in [3.05, 3.63) is 65.2 Å². The summed E-state index contributed by atoms with van der Waals surface area (Å²) in [5, 5.41) is 0.